The lowest BCUT2D eigenvalue weighted by Crippen LogP contribution is -2.40. The monoisotopic (exact) mass is 652 g/mol. The summed E-state index contributed by atoms with van der Waals surface area (Å²) in [6.45, 7) is 4.44. The van der Waals surface area contributed by atoms with E-state index >= 15 is 0 Å². The van der Waals surface area contributed by atoms with Crippen molar-refractivity contribution in [3.63, 3.8) is 0 Å². The lowest BCUT2D eigenvalue weighted by Gasteiger charge is -2.25. The molecule has 0 fully saturated rings. The molecule has 0 bridgehead atoms. The van der Waals surface area contributed by atoms with Crippen LogP contribution >= 0.6 is 49.9 Å². The minimum Gasteiger partial charge on any atom is -0.492 e. The Kier molecular flexibility index (Phi) is 7.73. The average molecular weight is 653 g/mol. The fourth-order valence-electron chi connectivity index (χ4n) is 3.91. The van der Waals surface area contributed by atoms with E-state index in [1.165, 1.54) is 18.4 Å². The minimum atomic E-state index is -0.603. The number of halogens is 2. The number of carbonyl (C=O) groups is 1. The van der Waals surface area contributed by atoms with Gasteiger partial charge in [-0.2, -0.15) is 0 Å². The van der Waals surface area contributed by atoms with Crippen LogP contribution in [0.2, 0.25) is 0 Å². The highest BCUT2D eigenvalue weighted by atomic mass is 127. The lowest BCUT2D eigenvalue weighted by molar-refractivity contribution is -0.136. The number of benzene rings is 2. The fourth-order valence-corrected chi connectivity index (χ4v) is 6.70. The third kappa shape index (κ3) is 4.65. The van der Waals surface area contributed by atoms with E-state index in [1.54, 1.807) is 4.57 Å². The van der Waals surface area contributed by atoms with Gasteiger partial charge in [-0.1, -0.05) is 48.6 Å². The Balaban J connectivity index is 1.95. The van der Waals surface area contributed by atoms with Gasteiger partial charge in [0.1, 0.15) is 5.75 Å². The molecular formula is C25H22BrIN2O4S. The van der Waals surface area contributed by atoms with Crippen molar-refractivity contribution in [2.75, 3.05) is 13.7 Å². The molecule has 0 aliphatic carbocycles. The second-order valence-electron chi connectivity index (χ2n) is 7.45. The Morgan fingerprint density at radius 1 is 1.26 bits per heavy atom. The van der Waals surface area contributed by atoms with Gasteiger partial charge >= 0.3 is 5.97 Å². The van der Waals surface area contributed by atoms with Crippen LogP contribution in [-0.4, -0.2) is 24.3 Å². The number of ether oxygens (including phenoxy) is 2. The van der Waals surface area contributed by atoms with E-state index in [0.717, 1.165) is 24.9 Å². The molecule has 0 saturated carbocycles. The van der Waals surface area contributed by atoms with E-state index in [9.17, 15) is 9.59 Å². The van der Waals surface area contributed by atoms with Crippen molar-refractivity contribution in [1.82, 2.24) is 4.57 Å². The second kappa shape index (κ2) is 10.6. The molecule has 0 radical (unpaired) electrons. The number of aromatic nitrogens is 1. The van der Waals surface area contributed by atoms with Crippen LogP contribution in [0.25, 0.3) is 6.08 Å². The summed E-state index contributed by atoms with van der Waals surface area (Å²) in [6.07, 6.45) is 2.39. The van der Waals surface area contributed by atoms with Crippen LogP contribution in [-0.2, 0) is 9.53 Å². The first-order chi connectivity index (χ1) is 16.4. The molecule has 0 spiro atoms. The molecule has 2 aromatic carbocycles. The van der Waals surface area contributed by atoms with Crippen LogP contribution in [0.4, 0.5) is 0 Å². The number of fused-ring (bicyclic) bond motifs is 1. The Bertz CT molecular complexity index is 1440. The molecule has 4 rings (SSSR count). The Labute approximate surface area is 222 Å². The lowest BCUT2D eigenvalue weighted by atomic mass is 9.95. The molecule has 2 heterocycles. The number of thiazole rings is 1. The van der Waals surface area contributed by atoms with Gasteiger partial charge < -0.3 is 9.47 Å². The first kappa shape index (κ1) is 24.9. The van der Waals surface area contributed by atoms with E-state index in [-0.39, 0.29) is 5.56 Å². The average Bonchev–Trinajstić information content (AvgIpc) is 3.14. The van der Waals surface area contributed by atoms with Crippen LogP contribution in [0, 0.1) is 3.57 Å². The Morgan fingerprint density at radius 2 is 2.00 bits per heavy atom. The van der Waals surface area contributed by atoms with Crippen LogP contribution < -0.4 is 19.6 Å². The molecule has 0 unspecified atom stereocenters. The zero-order chi connectivity index (χ0) is 24.4. The van der Waals surface area contributed by atoms with E-state index in [2.05, 4.69) is 38.5 Å². The number of allylic oxidation sites excluding steroid dienone is 1. The molecular weight excluding hydrogens is 631 g/mol. The highest BCUT2D eigenvalue weighted by Gasteiger charge is 2.33. The predicted molar refractivity (Wildman–Crippen MR) is 145 cm³/mol. The number of methoxy groups -OCH3 is 1. The zero-order valence-electron chi connectivity index (χ0n) is 18.8. The largest absolute Gasteiger partial charge is 0.492 e. The summed E-state index contributed by atoms with van der Waals surface area (Å²) in [4.78, 5) is 31.7. The maximum Gasteiger partial charge on any atom is 0.338 e. The summed E-state index contributed by atoms with van der Waals surface area (Å²) in [7, 11) is 1.35. The van der Waals surface area contributed by atoms with Crippen molar-refractivity contribution in [3.8, 4) is 5.75 Å². The number of hydrogen-bond acceptors (Lipinski definition) is 6. The van der Waals surface area contributed by atoms with Gasteiger partial charge in [0.05, 0.1) is 43.6 Å². The van der Waals surface area contributed by atoms with Gasteiger partial charge in [0.15, 0.2) is 4.80 Å². The third-order valence-electron chi connectivity index (χ3n) is 5.37. The minimum absolute atomic E-state index is 0.200. The summed E-state index contributed by atoms with van der Waals surface area (Å²) in [5.41, 5.74) is 2.52. The standard InChI is InChI=1S/C25H22BrIN2O4S/c1-4-18-20(24(31)32-3)21(15-9-7-6-8-10-15)29-23(30)19(34-25(29)28-18)13-14-11-16(26)22(33-5-2)17(27)12-14/h6-13,21H,4-5H2,1-3H3/b19-13-/t21-/m0/s1. The van der Waals surface area contributed by atoms with Crippen LogP contribution in [0.1, 0.15) is 37.4 Å². The molecule has 3 aromatic rings. The van der Waals surface area contributed by atoms with E-state index in [4.69, 9.17) is 14.5 Å². The van der Waals surface area contributed by atoms with Gasteiger partial charge in [-0.15, -0.1) is 0 Å². The molecule has 1 aliphatic heterocycles. The summed E-state index contributed by atoms with van der Waals surface area (Å²) < 4.78 is 14.7. The first-order valence-electron chi connectivity index (χ1n) is 10.7. The summed E-state index contributed by atoms with van der Waals surface area (Å²) >= 11 is 7.11. The van der Waals surface area contributed by atoms with Crippen molar-refractivity contribution >= 4 is 61.9 Å². The number of carbonyl (C=O) groups excluding carboxylic acids is 1. The van der Waals surface area contributed by atoms with Crippen molar-refractivity contribution in [2.45, 2.75) is 26.3 Å². The van der Waals surface area contributed by atoms with Gasteiger partial charge in [-0.3, -0.25) is 9.36 Å². The number of hydrogen-bond donors (Lipinski definition) is 0. The van der Waals surface area contributed by atoms with Crippen molar-refractivity contribution < 1.29 is 14.3 Å². The van der Waals surface area contributed by atoms with Crippen molar-refractivity contribution in [1.29, 1.82) is 0 Å². The SMILES string of the molecule is CCOc1c(Br)cc(/C=c2\sc3n(c2=O)[C@@H](c2ccccc2)C(C(=O)OC)=C(CC)N=3)cc1I. The maximum absolute atomic E-state index is 13.7. The molecule has 1 atom stereocenters. The molecule has 0 N–H and O–H groups in total. The van der Waals surface area contributed by atoms with Crippen LogP contribution in [0.5, 0.6) is 5.75 Å². The first-order valence-corrected chi connectivity index (χ1v) is 13.4. The summed E-state index contributed by atoms with van der Waals surface area (Å²) in [5, 5.41) is 0. The zero-order valence-corrected chi connectivity index (χ0v) is 23.4. The smallest absolute Gasteiger partial charge is 0.338 e. The van der Waals surface area contributed by atoms with E-state index in [1.807, 2.05) is 62.4 Å². The van der Waals surface area contributed by atoms with Gasteiger partial charge in [0.2, 0.25) is 0 Å². The fraction of sp³-hybridized carbons (Fsp3) is 0.240. The molecule has 176 valence electrons. The molecule has 9 heteroatoms. The van der Waals surface area contributed by atoms with Gasteiger partial charge in [-0.05, 0) is 81.2 Å². The van der Waals surface area contributed by atoms with Crippen LogP contribution in [0.3, 0.4) is 0 Å². The Morgan fingerprint density at radius 3 is 2.62 bits per heavy atom. The van der Waals surface area contributed by atoms with Crippen LogP contribution in [0.15, 0.2) is 68.0 Å². The molecule has 0 amide bonds. The highest BCUT2D eigenvalue weighted by Crippen LogP contribution is 2.33. The second-order valence-corrected chi connectivity index (χ2v) is 10.5. The topological polar surface area (TPSA) is 69.9 Å². The van der Waals surface area contributed by atoms with E-state index in [0.29, 0.717) is 33.6 Å². The maximum atomic E-state index is 13.7. The summed E-state index contributed by atoms with van der Waals surface area (Å²) in [5.74, 6) is 0.301. The number of rotatable bonds is 6. The molecule has 1 aliphatic rings. The van der Waals surface area contributed by atoms with Gasteiger partial charge in [-0.25, -0.2) is 9.79 Å². The van der Waals surface area contributed by atoms with Gasteiger partial charge in [0.25, 0.3) is 5.56 Å². The quantitative estimate of drug-likeness (QED) is 0.289. The van der Waals surface area contributed by atoms with Crippen molar-refractivity contribution in [3.05, 3.63) is 92.6 Å². The molecule has 1 aromatic heterocycles. The number of nitrogens with zero attached hydrogens (tertiary/aromatic N) is 2. The molecule has 6 nitrogen and oxygen atoms in total. The number of esters is 1. The Hall–Kier alpha value is -2.24. The van der Waals surface area contributed by atoms with Crippen molar-refractivity contribution in [2.24, 2.45) is 4.99 Å². The predicted octanol–water partition coefficient (Wildman–Crippen LogP) is 4.56. The summed E-state index contributed by atoms with van der Waals surface area (Å²) in [6, 6.07) is 12.8. The van der Waals surface area contributed by atoms with Gasteiger partial charge in [0, 0.05) is 0 Å². The third-order valence-corrected chi connectivity index (χ3v) is 7.75. The highest BCUT2D eigenvalue weighted by molar-refractivity contribution is 14.1. The molecule has 0 saturated heterocycles. The normalized spacial score (nSPS) is 15.7. The molecule has 34 heavy (non-hydrogen) atoms. The van der Waals surface area contributed by atoms with E-state index < -0.39 is 12.0 Å².